The Hall–Kier alpha value is -3.49. The van der Waals surface area contributed by atoms with Crippen LogP contribution in [0.3, 0.4) is 0 Å². The third-order valence-electron chi connectivity index (χ3n) is 4.78. The standard InChI is InChI=1S/C20H21N5O4/c1-27-16-6-2-3-7-17(16)28-13-18(26)25-10-4-5-14(12-25)19-23-20(29-24-19)15-11-21-8-9-22-15/h2-3,6-9,11,14H,4-5,10,12-13H2,1H3/t14-/m0/s1. The van der Waals surface area contributed by atoms with Gasteiger partial charge in [-0.2, -0.15) is 4.98 Å². The van der Waals surface area contributed by atoms with Crippen molar-refractivity contribution in [2.45, 2.75) is 18.8 Å². The summed E-state index contributed by atoms with van der Waals surface area (Å²) < 4.78 is 16.2. The van der Waals surface area contributed by atoms with Gasteiger partial charge in [0, 0.05) is 31.4 Å². The van der Waals surface area contributed by atoms with Gasteiger partial charge in [0.2, 0.25) is 0 Å². The molecule has 3 aromatic rings. The summed E-state index contributed by atoms with van der Waals surface area (Å²) in [4.78, 5) is 27.1. The van der Waals surface area contributed by atoms with E-state index < -0.39 is 0 Å². The van der Waals surface area contributed by atoms with E-state index in [1.165, 1.54) is 0 Å². The quantitative estimate of drug-likeness (QED) is 0.626. The SMILES string of the molecule is COc1ccccc1OCC(=O)N1CCC[C@H](c2noc(-c3cnccn3)n2)C1. The highest BCUT2D eigenvalue weighted by Crippen LogP contribution is 2.28. The average Bonchev–Trinajstić information content (AvgIpc) is 3.29. The van der Waals surface area contributed by atoms with E-state index in [-0.39, 0.29) is 18.4 Å². The van der Waals surface area contributed by atoms with Gasteiger partial charge in [-0.25, -0.2) is 4.98 Å². The van der Waals surface area contributed by atoms with Gasteiger partial charge < -0.3 is 18.9 Å². The molecule has 0 radical (unpaired) electrons. The molecule has 0 N–H and O–H groups in total. The van der Waals surface area contributed by atoms with E-state index in [1.54, 1.807) is 42.7 Å². The molecule has 1 aromatic carbocycles. The highest BCUT2D eigenvalue weighted by Gasteiger charge is 2.28. The van der Waals surface area contributed by atoms with E-state index in [0.717, 1.165) is 12.8 Å². The molecule has 150 valence electrons. The zero-order valence-electron chi connectivity index (χ0n) is 16.0. The number of para-hydroxylation sites is 2. The van der Waals surface area contributed by atoms with Gasteiger partial charge in [-0.05, 0) is 25.0 Å². The van der Waals surface area contributed by atoms with E-state index in [4.69, 9.17) is 14.0 Å². The lowest BCUT2D eigenvalue weighted by Crippen LogP contribution is -2.41. The minimum atomic E-state index is -0.0850. The minimum absolute atomic E-state index is 0.00753. The summed E-state index contributed by atoms with van der Waals surface area (Å²) in [7, 11) is 1.57. The molecular formula is C20H21N5O4. The Morgan fingerprint density at radius 1 is 1.28 bits per heavy atom. The molecule has 0 spiro atoms. The summed E-state index contributed by atoms with van der Waals surface area (Å²) in [5, 5.41) is 4.09. The van der Waals surface area contributed by atoms with Crippen molar-refractivity contribution < 1.29 is 18.8 Å². The molecule has 1 aliphatic rings. The number of amides is 1. The fraction of sp³-hybridized carbons (Fsp3) is 0.350. The maximum absolute atomic E-state index is 12.7. The van der Waals surface area contributed by atoms with E-state index in [2.05, 4.69) is 20.1 Å². The van der Waals surface area contributed by atoms with Crippen molar-refractivity contribution in [3.63, 3.8) is 0 Å². The van der Waals surface area contributed by atoms with Gasteiger partial charge in [-0.1, -0.05) is 17.3 Å². The van der Waals surface area contributed by atoms with E-state index in [9.17, 15) is 4.79 Å². The summed E-state index contributed by atoms with van der Waals surface area (Å²) >= 11 is 0. The smallest absolute Gasteiger partial charge is 0.278 e. The topological polar surface area (TPSA) is 103 Å². The first-order valence-corrected chi connectivity index (χ1v) is 9.38. The first kappa shape index (κ1) is 18.9. The van der Waals surface area contributed by atoms with E-state index in [1.807, 2.05) is 12.1 Å². The van der Waals surface area contributed by atoms with Crippen LogP contribution in [-0.2, 0) is 4.79 Å². The van der Waals surface area contributed by atoms with Crippen LogP contribution in [0.2, 0.25) is 0 Å². The van der Waals surface area contributed by atoms with Crippen molar-refractivity contribution in [2.75, 3.05) is 26.8 Å². The molecular weight excluding hydrogens is 374 g/mol. The molecule has 1 saturated heterocycles. The molecule has 29 heavy (non-hydrogen) atoms. The van der Waals surface area contributed by atoms with Crippen molar-refractivity contribution in [1.82, 2.24) is 25.0 Å². The monoisotopic (exact) mass is 395 g/mol. The summed E-state index contributed by atoms with van der Waals surface area (Å²) in [5.74, 6) is 1.97. The van der Waals surface area contributed by atoms with Gasteiger partial charge >= 0.3 is 0 Å². The lowest BCUT2D eigenvalue weighted by atomic mass is 9.97. The predicted molar refractivity (Wildman–Crippen MR) is 102 cm³/mol. The number of carbonyl (C=O) groups is 1. The van der Waals surface area contributed by atoms with Gasteiger partial charge in [-0.15, -0.1) is 0 Å². The average molecular weight is 395 g/mol. The summed E-state index contributed by atoms with van der Waals surface area (Å²) in [6, 6.07) is 7.26. The second-order valence-corrected chi connectivity index (χ2v) is 6.67. The maximum Gasteiger partial charge on any atom is 0.278 e. The van der Waals surface area contributed by atoms with Gasteiger partial charge in [0.05, 0.1) is 13.3 Å². The first-order valence-electron chi connectivity index (χ1n) is 9.38. The number of aromatic nitrogens is 4. The van der Waals surface area contributed by atoms with Gasteiger partial charge in [0.15, 0.2) is 23.9 Å². The van der Waals surface area contributed by atoms with Crippen molar-refractivity contribution in [3.05, 3.63) is 48.7 Å². The van der Waals surface area contributed by atoms with Crippen molar-refractivity contribution in [3.8, 4) is 23.1 Å². The predicted octanol–water partition coefficient (Wildman–Crippen LogP) is 2.32. The number of hydrogen-bond acceptors (Lipinski definition) is 8. The molecule has 1 atom stereocenters. The van der Waals surface area contributed by atoms with Crippen LogP contribution >= 0.6 is 0 Å². The Labute approximate surface area is 167 Å². The lowest BCUT2D eigenvalue weighted by Gasteiger charge is -2.31. The molecule has 0 unspecified atom stereocenters. The highest BCUT2D eigenvalue weighted by molar-refractivity contribution is 5.78. The molecule has 9 heteroatoms. The molecule has 1 amide bonds. The lowest BCUT2D eigenvalue weighted by molar-refractivity contribution is -0.134. The van der Waals surface area contributed by atoms with Crippen LogP contribution < -0.4 is 9.47 Å². The number of carbonyl (C=O) groups excluding carboxylic acids is 1. The molecule has 1 fully saturated rings. The molecule has 2 aromatic heterocycles. The van der Waals surface area contributed by atoms with Crippen LogP contribution in [0.5, 0.6) is 11.5 Å². The molecule has 0 saturated carbocycles. The maximum atomic E-state index is 12.7. The number of nitrogens with zero attached hydrogens (tertiary/aromatic N) is 5. The Morgan fingerprint density at radius 3 is 2.93 bits per heavy atom. The summed E-state index contributed by atoms with van der Waals surface area (Å²) in [6.45, 7) is 1.15. The zero-order chi connectivity index (χ0) is 20.1. The molecule has 3 heterocycles. The minimum Gasteiger partial charge on any atom is -0.493 e. The normalized spacial score (nSPS) is 16.4. The summed E-state index contributed by atoms with van der Waals surface area (Å²) in [6.07, 6.45) is 6.47. The van der Waals surface area contributed by atoms with E-state index in [0.29, 0.717) is 42.0 Å². The van der Waals surface area contributed by atoms with Crippen LogP contribution in [0.15, 0.2) is 47.4 Å². The first-order chi connectivity index (χ1) is 14.2. The van der Waals surface area contributed by atoms with E-state index >= 15 is 0 Å². The number of benzene rings is 1. The summed E-state index contributed by atoms with van der Waals surface area (Å²) in [5.41, 5.74) is 0.528. The second-order valence-electron chi connectivity index (χ2n) is 6.67. The van der Waals surface area contributed by atoms with Crippen LogP contribution in [0.25, 0.3) is 11.6 Å². The van der Waals surface area contributed by atoms with Gasteiger partial charge in [-0.3, -0.25) is 9.78 Å². The largest absolute Gasteiger partial charge is 0.493 e. The zero-order valence-corrected chi connectivity index (χ0v) is 16.0. The number of ether oxygens (including phenoxy) is 2. The number of methoxy groups -OCH3 is 1. The van der Waals surface area contributed by atoms with Crippen LogP contribution in [0.1, 0.15) is 24.6 Å². The number of piperidine rings is 1. The Morgan fingerprint density at radius 2 is 2.14 bits per heavy atom. The fourth-order valence-electron chi connectivity index (χ4n) is 3.30. The van der Waals surface area contributed by atoms with Crippen LogP contribution in [-0.4, -0.2) is 57.7 Å². The third-order valence-corrected chi connectivity index (χ3v) is 4.78. The number of likely N-dealkylation sites (tertiary alicyclic amines) is 1. The molecule has 9 nitrogen and oxygen atoms in total. The number of rotatable bonds is 6. The molecule has 1 aliphatic heterocycles. The van der Waals surface area contributed by atoms with Crippen LogP contribution in [0, 0.1) is 0 Å². The van der Waals surface area contributed by atoms with Crippen molar-refractivity contribution in [1.29, 1.82) is 0 Å². The van der Waals surface area contributed by atoms with Crippen LogP contribution in [0.4, 0.5) is 0 Å². The van der Waals surface area contributed by atoms with Gasteiger partial charge in [0.1, 0.15) is 5.69 Å². The van der Waals surface area contributed by atoms with Gasteiger partial charge in [0.25, 0.3) is 11.8 Å². The molecule has 4 rings (SSSR count). The number of hydrogen-bond donors (Lipinski definition) is 0. The molecule has 0 bridgehead atoms. The Kier molecular flexibility index (Phi) is 5.64. The second kappa shape index (κ2) is 8.68. The highest BCUT2D eigenvalue weighted by atomic mass is 16.5. The Balaban J connectivity index is 1.38. The molecule has 0 aliphatic carbocycles. The van der Waals surface area contributed by atoms with Crippen molar-refractivity contribution in [2.24, 2.45) is 0 Å². The third kappa shape index (κ3) is 4.34. The van der Waals surface area contributed by atoms with Crippen molar-refractivity contribution >= 4 is 5.91 Å². The fourth-order valence-corrected chi connectivity index (χ4v) is 3.30. The Bertz CT molecular complexity index is 962.